The van der Waals surface area contributed by atoms with Gasteiger partial charge in [-0.25, -0.2) is 0 Å². The predicted molar refractivity (Wildman–Crippen MR) is 121 cm³/mol. The van der Waals surface area contributed by atoms with Crippen LogP contribution in [0.5, 0.6) is 5.75 Å². The van der Waals surface area contributed by atoms with Gasteiger partial charge in [-0.3, -0.25) is 4.79 Å². The van der Waals surface area contributed by atoms with E-state index in [1.165, 1.54) is 5.56 Å². The molecular formula is C26H26N2O2. The van der Waals surface area contributed by atoms with E-state index in [1.54, 1.807) is 7.11 Å². The smallest absolute Gasteiger partial charge is 0.186 e. The zero-order chi connectivity index (χ0) is 20.9. The number of aromatic amines is 1. The Labute approximate surface area is 176 Å². The number of carbonyl (C=O) groups excluding carboxylic acids is 1. The van der Waals surface area contributed by atoms with E-state index in [-0.39, 0.29) is 5.78 Å². The molecule has 1 heterocycles. The monoisotopic (exact) mass is 398 g/mol. The van der Waals surface area contributed by atoms with Crippen molar-refractivity contribution in [1.29, 1.82) is 0 Å². The number of aromatic nitrogens is 1. The molecule has 152 valence electrons. The Balaban J connectivity index is 1.56. The molecule has 0 saturated heterocycles. The Hall–Kier alpha value is -3.37. The van der Waals surface area contributed by atoms with Crippen LogP contribution in [0, 0.1) is 6.92 Å². The summed E-state index contributed by atoms with van der Waals surface area (Å²) in [6.45, 7) is 2.74. The summed E-state index contributed by atoms with van der Waals surface area (Å²) in [4.78, 5) is 16.8. The number of para-hydroxylation sites is 1. The number of fused-ring (bicyclic) bond motifs is 1. The Morgan fingerprint density at radius 2 is 1.77 bits per heavy atom. The van der Waals surface area contributed by atoms with E-state index in [0.717, 1.165) is 39.8 Å². The Kier molecular flexibility index (Phi) is 5.96. The topological polar surface area (TPSA) is 54.1 Å². The molecule has 1 aromatic heterocycles. The third kappa shape index (κ3) is 4.14. The molecule has 4 rings (SSSR count). The molecule has 0 aliphatic carbocycles. The molecule has 0 radical (unpaired) electrons. The minimum Gasteiger partial charge on any atom is -0.497 e. The highest BCUT2D eigenvalue weighted by molar-refractivity contribution is 6.11. The second-order valence-corrected chi connectivity index (χ2v) is 7.46. The van der Waals surface area contributed by atoms with Gasteiger partial charge in [-0.15, -0.1) is 0 Å². The molecule has 0 saturated carbocycles. The third-order valence-electron chi connectivity index (χ3n) is 5.51. The number of carbonyl (C=O) groups is 1. The molecule has 3 aromatic carbocycles. The second-order valence-electron chi connectivity index (χ2n) is 7.46. The summed E-state index contributed by atoms with van der Waals surface area (Å²) in [6, 6.07) is 23.6. The van der Waals surface area contributed by atoms with Gasteiger partial charge in [0.1, 0.15) is 5.75 Å². The Bertz CT molecular complexity index is 1130. The van der Waals surface area contributed by atoms with Crippen LogP contribution >= 0.6 is 0 Å². The summed E-state index contributed by atoms with van der Waals surface area (Å²) in [5.74, 6) is 0.923. The standard InChI is InChI=1S/C26H26N2O2/c1-18-7-6-10-22-23(17-28-24(18)22)26(29)25(20-8-4-3-5-9-20)27-16-15-19-11-13-21(30-2)14-12-19/h3-14,17,25,27-28H,15-16H2,1-2H3/t25-/m0/s1. The lowest BCUT2D eigenvalue weighted by Crippen LogP contribution is -2.30. The molecule has 1 atom stereocenters. The molecule has 0 aliphatic rings. The maximum Gasteiger partial charge on any atom is 0.186 e. The van der Waals surface area contributed by atoms with Gasteiger partial charge in [0.2, 0.25) is 0 Å². The minimum absolute atomic E-state index is 0.0766. The van der Waals surface area contributed by atoms with Crippen molar-refractivity contribution in [3.63, 3.8) is 0 Å². The zero-order valence-corrected chi connectivity index (χ0v) is 17.3. The predicted octanol–water partition coefficient (Wildman–Crippen LogP) is 5.24. The van der Waals surface area contributed by atoms with Gasteiger partial charge < -0.3 is 15.0 Å². The van der Waals surface area contributed by atoms with Crippen LogP contribution in [-0.4, -0.2) is 24.4 Å². The minimum atomic E-state index is -0.399. The fraction of sp³-hybridized carbons (Fsp3) is 0.192. The summed E-state index contributed by atoms with van der Waals surface area (Å²) >= 11 is 0. The normalized spacial score (nSPS) is 12.1. The fourth-order valence-corrected chi connectivity index (χ4v) is 3.83. The number of ether oxygens (including phenoxy) is 1. The molecular weight excluding hydrogens is 372 g/mol. The average Bonchev–Trinajstić information content (AvgIpc) is 3.23. The molecule has 4 nitrogen and oxygen atoms in total. The fourth-order valence-electron chi connectivity index (χ4n) is 3.83. The van der Waals surface area contributed by atoms with Crippen molar-refractivity contribution >= 4 is 16.7 Å². The molecule has 0 aliphatic heterocycles. The first-order valence-corrected chi connectivity index (χ1v) is 10.2. The molecule has 0 bridgehead atoms. The number of H-pyrrole nitrogens is 1. The highest BCUT2D eigenvalue weighted by atomic mass is 16.5. The summed E-state index contributed by atoms with van der Waals surface area (Å²) in [5.41, 5.74) is 5.05. The molecule has 30 heavy (non-hydrogen) atoms. The molecule has 0 amide bonds. The number of Topliss-reactive ketones (excluding diaryl/α,β-unsaturated/α-hetero) is 1. The number of ketones is 1. The lowest BCUT2D eigenvalue weighted by molar-refractivity contribution is 0.0945. The van der Waals surface area contributed by atoms with Crippen LogP contribution in [0.4, 0.5) is 0 Å². The van der Waals surface area contributed by atoms with Gasteiger partial charge >= 0.3 is 0 Å². The highest BCUT2D eigenvalue weighted by Crippen LogP contribution is 2.26. The van der Waals surface area contributed by atoms with Crippen LogP contribution in [0.1, 0.15) is 33.1 Å². The van der Waals surface area contributed by atoms with E-state index in [4.69, 9.17) is 4.74 Å². The van der Waals surface area contributed by atoms with Crippen molar-refractivity contribution in [3.8, 4) is 5.75 Å². The van der Waals surface area contributed by atoms with Gasteiger partial charge in [0.15, 0.2) is 5.78 Å². The SMILES string of the molecule is COc1ccc(CCN[C@H](C(=O)c2c[nH]c3c(C)cccc23)c2ccccc2)cc1. The second kappa shape index (κ2) is 8.97. The lowest BCUT2D eigenvalue weighted by atomic mass is 9.96. The van der Waals surface area contributed by atoms with Crippen molar-refractivity contribution in [2.45, 2.75) is 19.4 Å². The van der Waals surface area contributed by atoms with Crippen LogP contribution in [0.25, 0.3) is 10.9 Å². The van der Waals surface area contributed by atoms with Gasteiger partial charge in [-0.2, -0.15) is 0 Å². The summed E-state index contributed by atoms with van der Waals surface area (Å²) in [6.07, 6.45) is 2.66. The average molecular weight is 399 g/mol. The first-order valence-electron chi connectivity index (χ1n) is 10.2. The first-order chi connectivity index (χ1) is 14.7. The van der Waals surface area contributed by atoms with E-state index < -0.39 is 6.04 Å². The van der Waals surface area contributed by atoms with E-state index in [9.17, 15) is 4.79 Å². The molecule has 2 N–H and O–H groups in total. The van der Waals surface area contributed by atoms with Gasteiger partial charge in [0.25, 0.3) is 0 Å². The third-order valence-corrected chi connectivity index (χ3v) is 5.51. The zero-order valence-electron chi connectivity index (χ0n) is 17.3. The number of hydrogen-bond donors (Lipinski definition) is 2. The van der Waals surface area contributed by atoms with Crippen LogP contribution in [0.3, 0.4) is 0 Å². The Morgan fingerprint density at radius 1 is 1.00 bits per heavy atom. The maximum absolute atomic E-state index is 13.6. The molecule has 0 fully saturated rings. The van der Waals surface area contributed by atoms with Crippen LogP contribution in [0.15, 0.2) is 79.0 Å². The molecule has 4 heteroatoms. The van der Waals surface area contributed by atoms with E-state index in [0.29, 0.717) is 6.54 Å². The first kappa shape index (κ1) is 19.9. The summed E-state index contributed by atoms with van der Waals surface area (Å²) in [5, 5.41) is 4.46. The van der Waals surface area contributed by atoms with Crippen molar-refractivity contribution in [1.82, 2.24) is 10.3 Å². The number of nitrogens with one attached hydrogen (secondary N) is 2. The molecule has 4 aromatic rings. The van der Waals surface area contributed by atoms with Crippen LogP contribution in [0.2, 0.25) is 0 Å². The number of methoxy groups -OCH3 is 1. The van der Waals surface area contributed by atoms with Gasteiger partial charge in [0, 0.05) is 29.2 Å². The van der Waals surface area contributed by atoms with Crippen molar-refractivity contribution < 1.29 is 9.53 Å². The summed E-state index contributed by atoms with van der Waals surface area (Å²) in [7, 11) is 1.67. The van der Waals surface area contributed by atoms with Crippen LogP contribution < -0.4 is 10.1 Å². The molecule has 0 unspecified atom stereocenters. The largest absolute Gasteiger partial charge is 0.497 e. The summed E-state index contributed by atoms with van der Waals surface area (Å²) < 4.78 is 5.22. The van der Waals surface area contributed by atoms with Crippen molar-refractivity contribution in [3.05, 3.63) is 101 Å². The van der Waals surface area contributed by atoms with Gasteiger partial charge in [-0.1, -0.05) is 60.7 Å². The lowest BCUT2D eigenvalue weighted by Gasteiger charge is -2.18. The van der Waals surface area contributed by atoms with Crippen LogP contribution in [-0.2, 0) is 6.42 Å². The van der Waals surface area contributed by atoms with E-state index in [1.807, 2.05) is 60.8 Å². The quantitative estimate of drug-likeness (QED) is 0.399. The Morgan fingerprint density at radius 3 is 2.50 bits per heavy atom. The number of aryl methyl sites for hydroxylation is 1. The van der Waals surface area contributed by atoms with Gasteiger partial charge in [0.05, 0.1) is 13.2 Å². The van der Waals surface area contributed by atoms with Gasteiger partial charge in [-0.05, 0) is 42.2 Å². The van der Waals surface area contributed by atoms with Crippen molar-refractivity contribution in [2.75, 3.05) is 13.7 Å². The number of benzene rings is 3. The van der Waals surface area contributed by atoms with E-state index in [2.05, 4.69) is 35.4 Å². The van der Waals surface area contributed by atoms with Crippen molar-refractivity contribution in [2.24, 2.45) is 0 Å². The number of hydrogen-bond acceptors (Lipinski definition) is 3. The highest BCUT2D eigenvalue weighted by Gasteiger charge is 2.24. The maximum atomic E-state index is 13.6. The molecule has 0 spiro atoms. The van der Waals surface area contributed by atoms with E-state index >= 15 is 0 Å². The number of rotatable bonds is 8.